The van der Waals surface area contributed by atoms with Crippen molar-refractivity contribution in [3.63, 3.8) is 0 Å². The minimum atomic E-state index is -0.870. The molecule has 1 N–H and O–H groups in total. The number of thiol groups is 1. The molecule has 1 aromatic rings. The molecule has 0 aliphatic rings. The molecule has 0 aliphatic carbocycles. The number of hydrogen-bond donors (Lipinski definition) is 2. The molecule has 0 fully saturated rings. The number of hydrogen-bond acceptors (Lipinski definition) is 3. The summed E-state index contributed by atoms with van der Waals surface area (Å²) in [6.07, 6.45) is 3.73. The Morgan fingerprint density at radius 3 is 3.00 bits per heavy atom. The fraction of sp³-hybridized carbons (Fsp3) is 0.125. The Labute approximate surface area is 80.0 Å². The summed E-state index contributed by atoms with van der Waals surface area (Å²) in [5.74, 6) is -0.205. The molecule has 64 valence electrons. The number of carboxylic acid groups (broad SMARTS) is 1. The average Bonchev–Trinajstić information content (AvgIpc) is 2.48. The normalized spacial score (nSPS) is 10.8. The molecule has 0 saturated heterocycles. The number of carbonyl (C=O) groups is 1. The topological polar surface area (TPSA) is 37.3 Å². The standard InChI is InChI=1S/C8H8O2S2/c9-8(10)7-4-6(5-12-7)2-1-3-11/h1-2,4-5,11H,3H2,(H,9,10). The largest absolute Gasteiger partial charge is 0.477 e. The van der Waals surface area contributed by atoms with E-state index in [1.54, 1.807) is 6.07 Å². The summed E-state index contributed by atoms with van der Waals surface area (Å²) >= 11 is 5.23. The van der Waals surface area contributed by atoms with E-state index in [-0.39, 0.29) is 0 Å². The summed E-state index contributed by atoms with van der Waals surface area (Å²) in [5, 5.41) is 10.4. The maximum atomic E-state index is 10.5. The zero-order valence-corrected chi connectivity index (χ0v) is 7.94. The van der Waals surface area contributed by atoms with Crippen molar-refractivity contribution in [1.82, 2.24) is 0 Å². The number of carboxylic acids is 1. The predicted octanol–water partition coefficient (Wildman–Crippen LogP) is 2.39. The summed E-state index contributed by atoms with van der Waals surface area (Å²) in [6, 6.07) is 1.65. The van der Waals surface area contributed by atoms with Gasteiger partial charge in [-0.15, -0.1) is 11.3 Å². The highest BCUT2D eigenvalue weighted by atomic mass is 32.1. The fourth-order valence-electron chi connectivity index (χ4n) is 0.739. The lowest BCUT2D eigenvalue weighted by molar-refractivity contribution is 0.0702. The van der Waals surface area contributed by atoms with Gasteiger partial charge in [0.25, 0.3) is 0 Å². The van der Waals surface area contributed by atoms with Gasteiger partial charge >= 0.3 is 5.97 Å². The van der Waals surface area contributed by atoms with E-state index in [9.17, 15) is 4.79 Å². The van der Waals surface area contributed by atoms with Crippen LogP contribution in [0.4, 0.5) is 0 Å². The first-order chi connectivity index (χ1) is 5.74. The second kappa shape index (κ2) is 4.33. The van der Waals surface area contributed by atoms with E-state index in [0.717, 1.165) is 5.56 Å². The quantitative estimate of drug-likeness (QED) is 0.735. The molecule has 12 heavy (non-hydrogen) atoms. The molecule has 4 heteroatoms. The molecule has 0 aromatic carbocycles. The lowest BCUT2D eigenvalue weighted by Crippen LogP contribution is -1.89. The molecule has 0 aliphatic heterocycles. The third kappa shape index (κ3) is 2.39. The Hall–Kier alpha value is -0.740. The Bertz CT molecular complexity index is 302. The van der Waals surface area contributed by atoms with E-state index in [2.05, 4.69) is 12.6 Å². The molecule has 0 amide bonds. The Balaban J connectivity index is 2.77. The second-order valence-electron chi connectivity index (χ2n) is 2.13. The van der Waals surface area contributed by atoms with Gasteiger partial charge in [0, 0.05) is 5.75 Å². The van der Waals surface area contributed by atoms with Crippen molar-refractivity contribution in [2.45, 2.75) is 0 Å². The maximum absolute atomic E-state index is 10.5. The maximum Gasteiger partial charge on any atom is 0.345 e. The molecule has 0 spiro atoms. The first-order valence-electron chi connectivity index (χ1n) is 3.33. The van der Waals surface area contributed by atoms with Gasteiger partial charge in [-0.05, 0) is 17.0 Å². The molecule has 0 radical (unpaired) electrons. The van der Waals surface area contributed by atoms with Gasteiger partial charge in [0.15, 0.2) is 0 Å². The van der Waals surface area contributed by atoms with Gasteiger partial charge in [0.1, 0.15) is 4.88 Å². The highest BCUT2D eigenvalue weighted by molar-refractivity contribution is 7.80. The van der Waals surface area contributed by atoms with Crippen LogP contribution in [0.25, 0.3) is 6.08 Å². The van der Waals surface area contributed by atoms with Gasteiger partial charge in [0.2, 0.25) is 0 Å². The van der Waals surface area contributed by atoms with Crippen molar-refractivity contribution in [3.05, 3.63) is 28.0 Å². The van der Waals surface area contributed by atoms with Crippen molar-refractivity contribution >= 4 is 36.0 Å². The van der Waals surface area contributed by atoms with E-state index in [0.29, 0.717) is 10.6 Å². The number of rotatable bonds is 3. The van der Waals surface area contributed by atoms with Crippen LogP contribution in [-0.4, -0.2) is 16.8 Å². The molecule has 1 aromatic heterocycles. The predicted molar refractivity (Wildman–Crippen MR) is 54.2 cm³/mol. The molecule has 1 rings (SSSR count). The van der Waals surface area contributed by atoms with Crippen LogP contribution in [0.2, 0.25) is 0 Å². The van der Waals surface area contributed by atoms with Gasteiger partial charge in [-0.1, -0.05) is 12.2 Å². The van der Waals surface area contributed by atoms with Crippen LogP contribution in [0.3, 0.4) is 0 Å². The summed E-state index contributed by atoms with van der Waals surface area (Å²) in [6.45, 7) is 0. The van der Waals surface area contributed by atoms with Crippen LogP contribution in [-0.2, 0) is 0 Å². The van der Waals surface area contributed by atoms with Crippen molar-refractivity contribution in [2.75, 3.05) is 5.75 Å². The molecular weight excluding hydrogens is 192 g/mol. The van der Waals surface area contributed by atoms with Crippen LogP contribution in [0.5, 0.6) is 0 Å². The summed E-state index contributed by atoms with van der Waals surface area (Å²) in [4.78, 5) is 10.8. The minimum Gasteiger partial charge on any atom is -0.477 e. The van der Waals surface area contributed by atoms with E-state index in [4.69, 9.17) is 5.11 Å². The van der Waals surface area contributed by atoms with Crippen LogP contribution in [0, 0.1) is 0 Å². The third-order valence-corrected chi connectivity index (χ3v) is 2.39. The van der Waals surface area contributed by atoms with Crippen molar-refractivity contribution in [3.8, 4) is 0 Å². The van der Waals surface area contributed by atoms with E-state index < -0.39 is 5.97 Å². The van der Waals surface area contributed by atoms with Gasteiger partial charge < -0.3 is 5.11 Å². The first kappa shape index (κ1) is 9.35. The van der Waals surface area contributed by atoms with Crippen molar-refractivity contribution < 1.29 is 9.90 Å². The molecule has 2 nitrogen and oxygen atoms in total. The zero-order valence-electron chi connectivity index (χ0n) is 6.23. The van der Waals surface area contributed by atoms with E-state index in [1.807, 2.05) is 17.5 Å². The van der Waals surface area contributed by atoms with Gasteiger partial charge in [0.05, 0.1) is 0 Å². The van der Waals surface area contributed by atoms with Crippen LogP contribution in [0.1, 0.15) is 15.2 Å². The zero-order chi connectivity index (χ0) is 8.97. The Kier molecular flexibility index (Phi) is 3.37. The van der Waals surface area contributed by atoms with Gasteiger partial charge in [-0.25, -0.2) is 4.79 Å². The summed E-state index contributed by atoms with van der Waals surface area (Å²) < 4.78 is 0. The SMILES string of the molecule is O=C(O)c1cc(C=CCS)cs1. The minimum absolute atomic E-state index is 0.369. The molecular formula is C8H8O2S2. The number of aromatic carboxylic acids is 1. The lowest BCUT2D eigenvalue weighted by Gasteiger charge is -1.82. The van der Waals surface area contributed by atoms with Crippen LogP contribution < -0.4 is 0 Å². The van der Waals surface area contributed by atoms with Crippen LogP contribution >= 0.6 is 24.0 Å². The highest BCUT2D eigenvalue weighted by Crippen LogP contribution is 2.15. The third-order valence-electron chi connectivity index (χ3n) is 1.25. The lowest BCUT2D eigenvalue weighted by atomic mass is 10.3. The van der Waals surface area contributed by atoms with Crippen molar-refractivity contribution in [1.29, 1.82) is 0 Å². The average molecular weight is 200 g/mol. The monoisotopic (exact) mass is 200 g/mol. The van der Waals surface area contributed by atoms with E-state index >= 15 is 0 Å². The Morgan fingerprint density at radius 2 is 2.50 bits per heavy atom. The van der Waals surface area contributed by atoms with Crippen LogP contribution in [0.15, 0.2) is 17.5 Å². The van der Waals surface area contributed by atoms with Gasteiger partial charge in [-0.3, -0.25) is 0 Å². The highest BCUT2D eigenvalue weighted by Gasteiger charge is 2.03. The summed E-state index contributed by atoms with van der Waals surface area (Å²) in [5.41, 5.74) is 0.923. The second-order valence-corrected chi connectivity index (χ2v) is 3.41. The molecule has 0 unspecified atom stereocenters. The molecule has 0 atom stereocenters. The van der Waals surface area contributed by atoms with E-state index in [1.165, 1.54) is 11.3 Å². The fourth-order valence-corrected chi connectivity index (χ4v) is 1.56. The number of thiophene rings is 1. The van der Waals surface area contributed by atoms with Crippen molar-refractivity contribution in [2.24, 2.45) is 0 Å². The molecule has 0 saturated carbocycles. The Morgan fingerprint density at radius 1 is 1.75 bits per heavy atom. The smallest absolute Gasteiger partial charge is 0.345 e. The van der Waals surface area contributed by atoms with Gasteiger partial charge in [-0.2, -0.15) is 12.6 Å². The molecule has 0 bridgehead atoms. The molecule has 1 heterocycles. The summed E-state index contributed by atoms with van der Waals surface area (Å²) in [7, 11) is 0. The first-order valence-corrected chi connectivity index (χ1v) is 4.84.